The number of halogens is 5. The molecule has 0 aliphatic heterocycles. The third-order valence-electron chi connectivity index (χ3n) is 2.78. The normalized spacial score (nSPS) is 12.3. The largest absolute Gasteiger partial charge is 0.495 e. The summed E-state index contributed by atoms with van der Waals surface area (Å²) in [5.41, 5.74) is 0.845. The molecule has 1 atom stereocenters. The summed E-state index contributed by atoms with van der Waals surface area (Å²) in [6.07, 6.45) is 0. The van der Waals surface area contributed by atoms with E-state index in [9.17, 15) is 8.78 Å². The van der Waals surface area contributed by atoms with Crippen LogP contribution in [0.1, 0.15) is 16.0 Å². The Balaban J connectivity index is 2.48. The minimum atomic E-state index is -0.658. The quantitative estimate of drug-likeness (QED) is 0.613. The van der Waals surface area contributed by atoms with Gasteiger partial charge in [-0.25, -0.2) is 8.78 Å². The first kappa shape index (κ1) is 15.5. The molecule has 0 fully saturated rings. The van der Waals surface area contributed by atoms with Crippen molar-refractivity contribution in [2.24, 2.45) is 0 Å². The molecule has 0 aliphatic rings. The second-order valence-electron chi connectivity index (χ2n) is 4.04. The summed E-state index contributed by atoms with van der Waals surface area (Å²) in [6.45, 7) is 0. The van der Waals surface area contributed by atoms with E-state index in [1.807, 2.05) is 0 Å². The molecule has 1 unspecified atom stereocenters. The molecule has 1 nitrogen and oxygen atoms in total. The molecule has 0 radical (unpaired) electrons. The molecule has 6 heteroatoms. The summed E-state index contributed by atoms with van der Waals surface area (Å²) in [7, 11) is 1.47. The van der Waals surface area contributed by atoms with Gasteiger partial charge in [0, 0.05) is 22.7 Å². The van der Waals surface area contributed by atoms with Crippen LogP contribution in [0.4, 0.5) is 8.78 Å². The van der Waals surface area contributed by atoms with Crippen molar-refractivity contribution in [2.45, 2.75) is 4.83 Å². The van der Waals surface area contributed by atoms with Gasteiger partial charge in [0.25, 0.3) is 0 Å². The minimum Gasteiger partial charge on any atom is -0.495 e. The highest BCUT2D eigenvalue weighted by Crippen LogP contribution is 2.40. The standard InChI is InChI=1S/C14H9BrCl2F2O/c1-20-13-6-10(16)9(5-11(13)17)14(15)8-3-2-7(18)4-12(8)19/h2-6,14H,1H3. The zero-order chi connectivity index (χ0) is 14.9. The lowest BCUT2D eigenvalue weighted by Crippen LogP contribution is -1.99. The Morgan fingerprint density at radius 2 is 1.75 bits per heavy atom. The monoisotopic (exact) mass is 380 g/mol. The Labute approximate surface area is 133 Å². The van der Waals surface area contributed by atoms with Gasteiger partial charge < -0.3 is 4.74 Å². The highest BCUT2D eigenvalue weighted by atomic mass is 79.9. The summed E-state index contributed by atoms with van der Waals surface area (Å²) in [5, 5.41) is 0.732. The van der Waals surface area contributed by atoms with E-state index in [0.717, 1.165) is 6.07 Å². The number of rotatable bonds is 3. The maximum atomic E-state index is 13.8. The highest BCUT2D eigenvalue weighted by Gasteiger charge is 2.20. The number of methoxy groups -OCH3 is 1. The van der Waals surface area contributed by atoms with Gasteiger partial charge in [0.2, 0.25) is 0 Å². The average molecular weight is 382 g/mol. The molecule has 0 saturated carbocycles. The van der Waals surface area contributed by atoms with Gasteiger partial charge >= 0.3 is 0 Å². The molecule has 0 N–H and O–H groups in total. The second-order valence-corrected chi connectivity index (χ2v) is 5.77. The van der Waals surface area contributed by atoms with E-state index in [1.54, 1.807) is 12.1 Å². The van der Waals surface area contributed by atoms with Crippen LogP contribution in [0.3, 0.4) is 0 Å². The average Bonchev–Trinajstić information content (AvgIpc) is 2.40. The van der Waals surface area contributed by atoms with Crippen LogP contribution in [0.2, 0.25) is 10.0 Å². The SMILES string of the molecule is COc1cc(Cl)c(C(Br)c2ccc(F)cc2F)cc1Cl. The van der Waals surface area contributed by atoms with Gasteiger partial charge in [-0.3, -0.25) is 0 Å². The first-order valence-corrected chi connectivity index (χ1v) is 7.23. The lowest BCUT2D eigenvalue weighted by atomic mass is 10.0. The molecule has 0 aliphatic carbocycles. The van der Waals surface area contributed by atoms with E-state index in [4.69, 9.17) is 27.9 Å². The van der Waals surface area contributed by atoms with Crippen LogP contribution in [-0.4, -0.2) is 7.11 Å². The third-order valence-corrected chi connectivity index (χ3v) is 4.39. The summed E-state index contributed by atoms with van der Waals surface area (Å²) >= 11 is 15.5. The zero-order valence-electron chi connectivity index (χ0n) is 10.3. The lowest BCUT2D eigenvalue weighted by molar-refractivity contribution is 0.415. The van der Waals surface area contributed by atoms with Crippen LogP contribution in [-0.2, 0) is 0 Å². The summed E-state index contributed by atoms with van der Waals surface area (Å²) < 4.78 is 31.8. The Morgan fingerprint density at radius 3 is 2.35 bits per heavy atom. The van der Waals surface area contributed by atoms with Crippen molar-refractivity contribution >= 4 is 39.1 Å². The number of ether oxygens (including phenoxy) is 1. The molecule has 106 valence electrons. The maximum absolute atomic E-state index is 13.8. The molecule has 0 amide bonds. The topological polar surface area (TPSA) is 9.23 Å². The van der Waals surface area contributed by atoms with Crippen LogP contribution in [0.25, 0.3) is 0 Å². The van der Waals surface area contributed by atoms with Crippen LogP contribution < -0.4 is 4.74 Å². The fourth-order valence-electron chi connectivity index (χ4n) is 1.77. The lowest BCUT2D eigenvalue weighted by Gasteiger charge is -2.15. The van der Waals surface area contributed by atoms with Gasteiger partial charge in [-0.05, 0) is 17.7 Å². The third kappa shape index (κ3) is 3.08. The fourth-order valence-corrected chi connectivity index (χ4v) is 3.16. The van der Waals surface area contributed by atoms with Crippen LogP contribution in [0.5, 0.6) is 5.75 Å². The van der Waals surface area contributed by atoms with Crippen molar-refractivity contribution in [2.75, 3.05) is 7.11 Å². The van der Waals surface area contributed by atoms with Crippen molar-refractivity contribution in [3.63, 3.8) is 0 Å². The van der Waals surface area contributed by atoms with Crippen molar-refractivity contribution < 1.29 is 13.5 Å². The fraction of sp³-hybridized carbons (Fsp3) is 0.143. The van der Waals surface area contributed by atoms with E-state index in [0.29, 0.717) is 21.4 Å². The van der Waals surface area contributed by atoms with Crippen molar-refractivity contribution in [1.82, 2.24) is 0 Å². The Bertz CT molecular complexity index is 649. The minimum absolute atomic E-state index is 0.273. The smallest absolute Gasteiger partial charge is 0.138 e. The second kappa shape index (κ2) is 6.29. The predicted molar refractivity (Wildman–Crippen MR) is 80.1 cm³/mol. The van der Waals surface area contributed by atoms with Crippen molar-refractivity contribution in [1.29, 1.82) is 0 Å². The van der Waals surface area contributed by atoms with Gasteiger partial charge in [-0.1, -0.05) is 45.2 Å². The number of alkyl halides is 1. The molecule has 20 heavy (non-hydrogen) atoms. The molecule has 0 aromatic heterocycles. The maximum Gasteiger partial charge on any atom is 0.138 e. The zero-order valence-corrected chi connectivity index (χ0v) is 13.4. The molecule has 2 aromatic carbocycles. The van der Waals surface area contributed by atoms with Crippen LogP contribution in [0.15, 0.2) is 30.3 Å². The summed E-state index contributed by atoms with van der Waals surface area (Å²) in [5.74, 6) is -0.862. The number of benzene rings is 2. The first-order valence-electron chi connectivity index (χ1n) is 5.56. The van der Waals surface area contributed by atoms with Crippen LogP contribution in [0, 0.1) is 11.6 Å². The van der Waals surface area contributed by atoms with Gasteiger partial charge in [0.15, 0.2) is 0 Å². The molecule has 2 aromatic rings. The molecule has 0 bridgehead atoms. The van der Waals surface area contributed by atoms with Crippen molar-refractivity contribution in [3.8, 4) is 5.75 Å². The number of hydrogen-bond acceptors (Lipinski definition) is 1. The molecule has 0 saturated heterocycles. The van der Waals surface area contributed by atoms with Crippen molar-refractivity contribution in [3.05, 3.63) is 63.1 Å². The van der Waals surface area contributed by atoms with E-state index in [-0.39, 0.29) is 5.56 Å². The van der Waals surface area contributed by atoms with E-state index < -0.39 is 16.5 Å². The van der Waals surface area contributed by atoms with E-state index in [2.05, 4.69) is 15.9 Å². The molecular weight excluding hydrogens is 373 g/mol. The molecule has 2 rings (SSSR count). The molecule has 0 heterocycles. The Kier molecular flexibility index (Phi) is 4.89. The predicted octanol–water partition coefficient (Wildman–Crippen LogP) is 5.76. The van der Waals surface area contributed by atoms with Crippen LogP contribution >= 0.6 is 39.1 Å². The van der Waals surface area contributed by atoms with E-state index >= 15 is 0 Å². The Morgan fingerprint density at radius 1 is 1.05 bits per heavy atom. The first-order chi connectivity index (χ1) is 9.43. The molecular formula is C14H9BrCl2F2O. The van der Waals surface area contributed by atoms with Gasteiger partial charge in [-0.2, -0.15) is 0 Å². The molecule has 0 spiro atoms. The Hall–Kier alpha value is -0.840. The van der Waals surface area contributed by atoms with E-state index in [1.165, 1.54) is 19.2 Å². The van der Waals surface area contributed by atoms with Gasteiger partial charge in [0.05, 0.1) is 17.0 Å². The van der Waals surface area contributed by atoms with Gasteiger partial charge in [-0.15, -0.1) is 0 Å². The highest BCUT2D eigenvalue weighted by molar-refractivity contribution is 9.09. The summed E-state index contributed by atoms with van der Waals surface area (Å²) in [4.78, 5) is -0.543. The number of hydrogen-bond donors (Lipinski definition) is 0. The summed E-state index contributed by atoms with van der Waals surface area (Å²) in [6, 6.07) is 6.51. The van der Waals surface area contributed by atoms with Gasteiger partial charge in [0.1, 0.15) is 17.4 Å².